The number of phenols is 1. The quantitative estimate of drug-likeness (QED) is 0.484. The van der Waals surface area contributed by atoms with E-state index >= 15 is 0 Å². The molecule has 0 spiro atoms. The van der Waals surface area contributed by atoms with Crippen molar-refractivity contribution >= 4 is 21.4 Å². The molecule has 1 atom stereocenters. The molecule has 1 aliphatic heterocycles. The zero-order valence-electron chi connectivity index (χ0n) is 17.6. The van der Waals surface area contributed by atoms with Gasteiger partial charge in [0.2, 0.25) is 0 Å². The summed E-state index contributed by atoms with van der Waals surface area (Å²) in [5.41, 5.74) is 2.35. The van der Waals surface area contributed by atoms with E-state index in [-0.39, 0.29) is 17.8 Å². The van der Waals surface area contributed by atoms with Gasteiger partial charge in [-0.25, -0.2) is 0 Å². The molecule has 0 saturated carbocycles. The summed E-state index contributed by atoms with van der Waals surface area (Å²) < 4.78 is 7.21. The van der Waals surface area contributed by atoms with Crippen LogP contribution in [0, 0.1) is 0 Å². The summed E-state index contributed by atoms with van der Waals surface area (Å²) in [6.07, 6.45) is 7.95. The molecule has 1 fully saturated rings. The molecule has 2 aliphatic rings. The van der Waals surface area contributed by atoms with Crippen LogP contribution in [0.4, 0.5) is 0 Å². The van der Waals surface area contributed by atoms with E-state index in [1.807, 2.05) is 18.2 Å². The predicted octanol–water partition coefficient (Wildman–Crippen LogP) is 6.23. The summed E-state index contributed by atoms with van der Waals surface area (Å²) in [5, 5.41) is 20.9. The highest BCUT2D eigenvalue weighted by molar-refractivity contribution is 7.19. The number of ether oxygens (including phenoxy) is 1. The Hall–Kier alpha value is -2.76. The van der Waals surface area contributed by atoms with Crippen LogP contribution in [-0.4, -0.2) is 40.9 Å². The molecule has 2 heterocycles. The van der Waals surface area contributed by atoms with Crippen LogP contribution >= 0.6 is 11.3 Å². The van der Waals surface area contributed by atoms with Crippen molar-refractivity contribution in [3.8, 4) is 22.6 Å². The van der Waals surface area contributed by atoms with Gasteiger partial charge in [-0.2, -0.15) is 0 Å². The summed E-state index contributed by atoms with van der Waals surface area (Å²) in [4.78, 5) is 3.67. The summed E-state index contributed by atoms with van der Waals surface area (Å²) in [6, 6.07) is 14.0. The monoisotopic (exact) mass is 433 g/mol. The average molecular weight is 434 g/mol. The first-order valence-electron chi connectivity index (χ1n) is 10.9. The van der Waals surface area contributed by atoms with Gasteiger partial charge in [0.05, 0.1) is 0 Å². The maximum absolute atomic E-state index is 9.98. The number of hydrogen-bond donors (Lipinski definition) is 2. The lowest BCUT2D eigenvalue weighted by Gasteiger charge is -2.38. The molecular weight excluding hydrogens is 406 g/mol. The van der Waals surface area contributed by atoms with Gasteiger partial charge in [0.25, 0.3) is 0 Å². The van der Waals surface area contributed by atoms with Crippen LogP contribution in [0.5, 0.6) is 11.5 Å². The van der Waals surface area contributed by atoms with E-state index in [2.05, 4.69) is 42.2 Å². The molecule has 3 aromatic rings. The van der Waals surface area contributed by atoms with Crippen LogP contribution in [0.1, 0.15) is 30.6 Å². The van der Waals surface area contributed by atoms with Crippen molar-refractivity contribution in [3.05, 3.63) is 71.3 Å². The van der Waals surface area contributed by atoms with Crippen LogP contribution in [0.25, 0.3) is 21.2 Å². The Bertz CT molecular complexity index is 1140. The molecule has 1 aliphatic carbocycles. The number of allylic oxidation sites excluding steroid dienone is 3. The first-order valence-corrected chi connectivity index (χ1v) is 11.7. The molecule has 1 aromatic heterocycles. The number of aliphatic hydroxyl groups excluding tert-OH is 1. The number of aliphatic hydroxyl groups is 1. The van der Waals surface area contributed by atoms with Gasteiger partial charge < -0.3 is 14.9 Å². The number of benzene rings is 2. The molecular formula is C26H27NO3S. The number of fused-ring (bicyclic) bond motifs is 1. The van der Waals surface area contributed by atoms with Crippen molar-refractivity contribution < 1.29 is 14.9 Å². The zero-order valence-corrected chi connectivity index (χ0v) is 18.4. The lowest BCUT2D eigenvalue weighted by Crippen LogP contribution is -2.53. The molecule has 0 amide bonds. The van der Waals surface area contributed by atoms with Gasteiger partial charge in [-0.15, -0.1) is 11.3 Å². The van der Waals surface area contributed by atoms with Crippen molar-refractivity contribution in [2.45, 2.75) is 31.8 Å². The summed E-state index contributed by atoms with van der Waals surface area (Å²) in [7, 11) is 0. The fraction of sp³-hybridized carbons (Fsp3) is 0.308. The summed E-state index contributed by atoms with van der Waals surface area (Å²) in [6.45, 7) is 5.36. The third-order valence-corrected chi connectivity index (χ3v) is 7.31. The highest BCUT2D eigenvalue weighted by atomic mass is 32.1. The summed E-state index contributed by atoms with van der Waals surface area (Å²) >= 11 is 1.71. The SMILES string of the molecule is CCCN1CC(Oc2ccc(-c3c([C@H]4C=CC(O)=CC4)sc4cc(O)ccc34)cc2)C1. The van der Waals surface area contributed by atoms with E-state index in [1.54, 1.807) is 23.5 Å². The number of phenolic OH excluding ortho intramolecular Hbond substituents is 1. The second-order valence-electron chi connectivity index (χ2n) is 8.38. The number of nitrogens with zero attached hydrogens (tertiary/aromatic N) is 1. The Morgan fingerprint density at radius 3 is 2.61 bits per heavy atom. The van der Waals surface area contributed by atoms with E-state index < -0.39 is 0 Å². The molecule has 2 aromatic carbocycles. The molecule has 5 heteroatoms. The van der Waals surface area contributed by atoms with Crippen molar-refractivity contribution in [2.24, 2.45) is 0 Å². The third kappa shape index (κ3) is 4.08. The third-order valence-electron chi connectivity index (χ3n) is 6.03. The van der Waals surface area contributed by atoms with E-state index in [1.165, 1.54) is 16.9 Å². The van der Waals surface area contributed by atoms with Gasteiger partial charge in [0, 0.05) is 39.5 Å². The van der Waals surface area contributed by atoms with Gasteiger partial charge in [0.1, 0.15) is 23.4 Å². The minimum absolute atomic E-state index is 0.209. The van der Waals surface area contributed by atoms with Crippen LogP contribution in [-0.2, 0) is 0 Å². The lowest BCUT2D eigenvalue weighted by atomic mass is 9.91. The molecule has 160 valence electrons. The molecule has 5 rings (SSSR count). The topological polar surface area (TPSA) is 52.9 Å². The van der Waals surface area contributed by atoms with Crippen molar-refractivity contribution in [1.29, 1.82) is 0 Å². The lowest BCUT2D eigenvalue weighted by molar-refractivity contribution is 0.0203. The highest BCUT2D eigenvalue weighted by Crippen LogP contribution is 2.46. The number of likely N-dealkylation sites (tertiary alicyclic amines) is 1. The molecule has 0 bridgehead atoms. The minimum atomic E-state index is 0.209. The van der Waals surface area contributed by atoms with Gasteiger partial charge >= 0.3 is 0 Å². The fourth-order valence-corrected chi connectivity index (χ4v) is 5.81. The van der Waals surface area contributed by atoms with Crippen molar-refractivity contribution in [3.63, 3.8) is 0 Å². The molecule has 0 unspecified atom stereocenters. The Kier molecular flexibility index (Phi) is 5.47. The number of rotatable bonds is 6. The Labute approximate surface area is 186 Å². The Balaban J connectivity index is 1.44. The van der Waals surface area contributed by atoms with E-state index in [4.69, 9.17) is 4.74 Å². The zero-order chi connectivity index (χ0) is 21.4. The highest BCUT2D eigenvalue weighted by Gasteiger charge is 2.27. The van der Waals surface area contributed by atoms with Gasteiger partial charge in [0.15, 0.2) is 0 Å². The van der Waals surface area contributed by atoms with Crippen molar-refractivity contribution in [1.82, 2.24) is 4.90 Å². The largest absolute Gasteiger partial charge is 0.508 e. The maximum atomic E-state index is 9.98. The molecule has 2 N–H and O–H groups in total. The predicted molar refractivity (Wildman–Crippen MR) is 127 cm³/mol. The molecule has 1 saturated heterocycles. The first kappa shape index (κ1) is 20.2. The van der Waals surface area contributed by atoms with Crippen LogP contribution < -0.4 is 4.74 Å². The number of hydrogen-bond acceptors (Lipinski definition) is 5. The standard InChI is InChI=1S/C26H27NO3S/c1-2-13-27-15-22(16-27)30-21-10-5-17(6-11-21)25-23-12-9-20(29)14-24(23)31-26(25)18-3-7-19(28)8-4-18/h3,5-12,14,18,22,28-29H,2,4,13,15-16H2,1H3/t18-/m0/s1. The van der Waals surface area contributed by atoms with Crippen molar-refractivity contribution in [2.75, 3.05) is 19.6 Å². The van der Waals surface area contributed by atoms with Gasteiger partial charge in [-0.1, -0.05) is 25.1 Å². The second kappa shape index (κ2) is 8.40. The summed E-state index contributed by atoms with van der Waals surface area (Å²) in [5.74, 6) is 1.73. The molecule has 0 radical (unpaired) electrons. The molecule has 31 heavy (non-hydrogen) atoms. The smallest absolute Gasteiger partial charge is 0.124 e. The fourth-order valence-electron chi connectivity index (χ4n) is 4.46. The Morgan fingerprint density at radius 2 is 1.90 bits per heavy atom. The number of thiophene rings is 1. The van der Waals surface area contributed by atoms with E-state index in [0.29, 0.717) is 5.76 Å². The van der Waals surface area contributed by atoms with Crippen LogP contribution in [0.3, 0.4) is 0 Å². The van der Waals surface area contributed by atoms with Crippen LogP contribution in [0.2, 0.25) is 0 Å². The normalized spacial score (nSPS) is 19.4. The number of aromatic hydroxyl groups is 1. The van der Waals surface area contributed by atoms with Gasteiger partial charge in [-0.3, -0.25) is 4.90 Å². The second-order valence-corrected chi connectivity index (χ2v) is 9.46. The van der Waals surface area contributed by atoms with Crippen LogP contribution in [0.15, 0.2) is 66.5 Å². The average Bonchev–Trinajstić information content (AvgIpc) is 3.12. The molecule has 4 nitrogen and oxygen atoms in total. The maximum Gasteiger partial charge on any atom is 0.124 e. The van der Waals surface area contributed by atoms with Gasteiger partial charge in [-0.05, 0) is 67.4 Å². The van der Waals surface area contributed by atoms with E-state index in [0.717, 1.165) is 47.5 Å². The minimum Gasteiger partial charge on any atom is -0.508 e. The first-order chi connectivity index (χ1) is 15.1. The Morgan fingerprint density at radius 1 is 1.10 bits per heavy atom. The van der Waals surface area contributed by atoms with E-state index in [9.17, 15) is 10.2 Å².